The van der Waals surface area contributed by atoms with Crippen molar-refractivity contribution in [2.45, 2.75) is 23.1 Å². The number of benzene rings is 1. The molecule has 3 nitrogen and oxygen atoms in total. The van der Waals surface area contributed by atoms with Crippen molar-refractivity contribution in [2.75, 3.05) is 20.3 Å². The zero-order chi connectivity index (χ0) is 12.0. The molecule has 0 saturated carbocycles. The number of nitrogens with two attached hydrogens (primary N) is 1. The SMILES string of the molecule is COCC(N)C(CO)Sc1cccc(C)c1. The standard InChI is InChI=1S/C12H19NO2S/c1-9-4-3-5-10(6-9)16-12(7-14)11(13)8-15-2/h3-6,11-12,14H,7-8,13H2,1-2H3. The highest BCUT2D eigenvalue weighted by Gasteiger charge is 2.18. The molecule has 2 atom stereocenters. The van der Waals surface area contributed by atoms with E-state index in [-0.39, 0.29) is 17.9 Å². The molecule has 3 N–H and O–H groups in total. The fraction of sp³-hybridized carbons (Fsp3) is 0.500. The zero-order valence-corrected chi connectivity index (χ0v) is 10.5. The molecule has 0 aromatic heterocycles. The number of rotatable bonds is 6. The van der Waals surface area contributed by atoms with Crippen LogP contribution in [0.2, 0.25) is 0 Å². The van der Waals surface area contributed by atoms with Gasteiger partial charge in [-0.3, -0.25) is 0 Å². The summed E-state index contributed by atoms with van der Waals surface area (Å²) >= 11 is 1.60. The monoisotopic (exact) mass is 241 g/mol. The lowest BCUT2D eigenvalue weighted by atomic mass is 10.2. The van der Waals surface area contributed by atoms with E-state index in [4.69, 9.17) is 10.5 Å². The van der Waals surface area contributed by atoms with Crippen LogP contribution < -0.4 is 5.73 Å². The van der Waals surface area contributed by atoms with Gasteiger partial charge in [0.05, 0.1) is 13.2 Å². The van der Waals surface area contributed by atoms with Crippen molar-refractivity contribution in [3.05, 3.63) is 29.8 Å². The van der Waals surface area contributed by atoms with Gasteiger partial charge < -0.3 is 15.6 Å². The molecule has 0 radical (unpaired) electrons. The number of methoxy groups -OCH3 is 1. The first-order valence-electron chi connectivity index (χ1n) is 5.26. The summed E-state index contributed by atoms with van der Waals surface area (Å²) in [7, 11) is 1.62. The fourth-order valence-electron chi connectivity index (χ4n) is 1.42. The molecule has 1 rings (SSSR count). The molecule has 0 saturated heterocycles. The Morgan fingerprint density at radius 1 is 1.50 bits per heavy atom. The smallest absolute Gasteiger partial charge is 0.0625 e. The Labute approximate surface area is 101 Å². The van der Waals surface area contributed by atoms with Gasteiger partial charge in [0.25, 0.3) is 0 Å². The maximum absolute atomic E-state index is 9.30. The average molecular weight is 241 g/mol. The van der Waals surface area contributed by atoms with Gasteiger partial charge in [0, 0.05) is 23.3 Å². The first-order chi connectivity index (χ1) is 7.67. The zero-order valence-electron chi connectivity index (χ0n) is 9.72. The van der Waals surface area contributed by atoms with Gasteiger partial charge in [0.15, 0.2) is 0 Å². The molecule has 0 aliphatic carbocycles. The second-order valence-corrected chi connectivity index (χ2v) is 5.09. The summed E-state index contributed by atoms with van der Waals surface area (Å²) < 4.78 is 5.00. The van der Waals surface area contributed by atoms with Gasteiger partial charge in [-0.2, -0.15) is 0 Å². The molecule has 0 spiro atoms. The highest BCUT2D eigenvalue weighted by atomic mass is 32.2. The van der Waals surface area contributed by atoms with E-state index in [9.17, 15) is 5.11 Å². The Hall–Kier alpha value is -0.550. The van der Waals surface area contributed by atoms with Crippen LogP contribution >= 0.6 is 11.8 Å². The Bertz CT molecular complexity index is 320. The predicted molar refractivity (Wildman–Crippen MR) is 67.8 cm³/mol. The van der Waals surface area contributed by atoms with Crippen molar-refractivity contribution in [1.82, 2.24) is 0 Å². The van der Waals surface area contributed by atoms with Crippen molar-refractivity contribution in [3.63, 3.8) is 0 Å². The van der Waals surface area contributed by atoms with E-state index in [0.29, 0.717) is 6.61 Å². The Morgan fingerprint density at radius 2 is 2.25 bits per heavy atom. The second kappa shape index (κ2) is 6.91. The van der Waals surface area contributed by atoms with Crippen molar-refractivity contribution in [1.29, 1.82) is 0 Å². The van der Waals surface area contributed by atoms with Gasteiger partial charge in [0.1, 0.15) is 0 Å². The van der Waals surface area contributed by atoms with E-state index >= 15 is 0 Å². The molecule has 16 heavy (non-hydrogen) atoms. The largest absolute Gasteiger partial charge is 0.395 e. The third kappa shape index (κ3) is 4.14. The number of hydrogen-bond donors (Lipinski definition) is 2. The summed E-state index contributed by atoms with van der Waals surface area (Å²) in [6, 6.07) is 8.02. The highest BCUT2D eigenvalue weighted by Crippen LogP contribution is 2.25. The van der Waals surface area contributed by atoms with Crippen molar-refractivity contribution >= 4 is 11.8 Å². The average Bonchev–Trinajstić information content (AvgIpc) is 2.26. The predicted octanol–water partition coefficient (Wildman–Crippen LogP) is 1.42. The van der Waals surface area contributed by atoms with E-state index in [1.807, 2.05) is 25.1 Å². The van der Waals surface area contributed by atoms with Crippen LogP contribution in [0.1, 0.15) is 5.56 Å². The molecule has 0 heterocycles. The van der Waals surface area contributed by atoms with Gasteiger partial charge in [-0.05, 0) is 19.1 Å². The van der Waals surface area contributed by atoms with Crippen molar-refractivity contribution in [3.8, 4) is 0 Å². The number of ether oxygens (including phenoxy) is 1. The quantitative estimate of drug-likeness (QED) is 0.740. The van der Waals surface area contributed by atoms with Crippen LogP contribution in [0.4, 0.5) is 0 Å². The lowest BCUT2D eigenvalue weighted by Crippen LogP contribution is -2.38. The number of hydrogen-bond acceptors (Lipinski definition) is 4. The summed E-state index contributed by atoms with van der Waals surface area (Å²) in [4.78, 5) is 1.13. The summed E-state index contributed by atoms with van der Waals surface area (Å²) in [6.07, 6.45) is 0. The van der Waals surface area contributed by atoms with Crippen LogP contribution in [0.5, 0.6) is 0 Å². The molecule has 2 unspecified atom stereocenters. The minimum atomic E-state index is -0.152. The van der Waals surface area contributed by atoms with Crippen LogP contribution in [0, 0.1) is 6.92 Å². The highest BCUT2D eigenvalue weighted by molar-refractivity contribution is 8.00. The summed E-state index contributed by atoms with van der Waals surface area (Å²) in [6.45, 7) is 2.57. The number of aryl methyl sites for hydroxylation is 1. The molecule has 1 aromatic rings. The molecule has 0 bridgehead atoms. The van der Waals surface area contributed by atoms with Crippen molar-refractivity contribution in [2.24, 2.45) is 5.73 Å². The van der Waals surface area contributed by atoms with Gasteiger partial charge >= 0.3 is 0 Å². The molecule has 1 aromatic carbocycles. The Morgan fingerprint density at radius 3 is 2.81 bits per heavy atom. The first kappa shape index (κ1) is 13.5. The van der Waals surface area contributed by atoms with E-state index in [1.165, 1.54) is 5.56 Å². The maximum atomic E-state index is 9.30. The molecule has 0 aliphatic rings. The normalized spacial score (nSPS) is 14.8. The molecule has 0 fully saturated rings. The minimum Gasteiger partial charge on any atom is -0.395 e. The van der Waals surface area contributed by atoms with Gasteiger partial charge in [0.2, 0.25) is 0 Å². The molecule has 0 aliphatic heterocycles. The van der Waals surface area contributed by atoms with E-state index < -0.39 is 0 Å². The van der Waals surface area contributed by atoms with E-state index in [0.717, 1.165) is 4.90 Å². The van der Waals surface area contributed by atoms with Gasteiger partial charge in [-0.1, -0.05) is 17.7 Å². The number of aliphatic hydroxyl groups excluding tert-OH is 1. The van der Waals surface area contributed by atoms with Gasteiger partial charge in [-0.25, -0.2) is 0 Å². The number of aliphatic hydroxyl groups is 1. The number of thioether (sulfide) groups is 1. The minimum absolute atomic E-state index is 0.0262. The molecular weight excluding hydrogens is 222 g/mol. The topological polar surface area (TPSA) is 55.5 Å². The van der Waals surface area contributed by atoms with E-state index in [1.54, 1.807) is 18.9 Å². The third-order valence-electron chi connectivity index (χ3n) is 2.29. The molecule has 90 valence electrons. The van der Waals surface area contributed by atoms with Crippen molar-refractivity contribution < 1.29 is 9.84 Å². The molecular formula is C12H19NO2S. The lowest BCUT2D eigenvalue weighted by molar-refractivity contribution is 0.167. The fourth-order valence-corrected chi connectivity index (χ4v) is 2.51. The summed E-state index contributed by atoms with van der Waals surface area (Å²) in [5, 5.41) is 9.27. The molecule has 4 heteroatoms. The maximum Gasteiger partial charge on any atom is 0.0625 e. The van der Waals surface area contributed by atoms with Crippen LogP contribution in [0.3, 0.4) is 0 Å². The van der Waals surface area contributed by atoms with Crippen LogP contribution in [-0.2, 0) is 4.74 Å². The van der Waals surface area contributed by atoms with Crippen LogP contribution in [-0.4, -0.2) is 36.7 Å². The lowest BCUT2D eigenvalue weighted by Gasteiger charge is -2.20. The Kier molecular flexibility index (Phi) is 5.84. The van der Waals surface area contributed by atoms with E-state index in [2.05, 4.69) is 6.07 Å². The van der Waals surface area contributed by atoms with Crippen LogP contribution in [0.25, 0.3) is 0 Å². The summed E-state index contributed by atoms with van der Waals surface area (Å²) in [5.74, 6) is 0. The molecule has 0 amide bonds. The second-order valence-electron chi connectivity index (χ2n) is 3.77. The summed E-state index contributed by atoms with van der Waals surface area (Å²) in [5.41, 5.74) is 7.13. The third-order valence-corrected chi connectivity index (χ3v) is 3.62. The first-order valence-corrected chi connectivity index (χ1v) is 6.14. The van der Waals surface area contributed by atoms with Crippen LogP contribution in [0.15, 0.2) is 29.2 Å². The Balaban J connectivity index is 2.62. The van der Waals surface area contributed by atoms with Gasteiger partial charge in [-0.15, -0.1) is 11.8 Å².